The molecule has 1 fully saturated rings. The van der Waals surface area contributed by atoms with E-state index >= 15 is 0 Å². The minimum absolute atomic E-state index is 0.113. The van der Waals surface area contributed by atoms with Crippen LogP contribution in [0.25, 0.3) is 0 Å². The number of urea groups is 1. The molecule has 0 aromatic heterocycles. The molecule has 31 heavy (non-hydrogen) atoms. The highest BCUT2D eigenvalue weighted by Gasteiger charge is 2.23. The van der Waals surface area contributed by atoms with Crippen LogP contribution in [-0.4, -0.2) is 37.6 Å². The summed E-state index contributed by atoms with van der Waals surface area (Å²) >= 11 is 0. The molecule has 3 N–H and O–H groups in total. The summed E-state index contributed by atoms with van der Waals surface area (Å²) < 4.78 is 14.2. The molecule has 1 aliphatic heterocycles. The molecular formula is C24H31FN4O2. The monoisotopic (exact) mass is 426 g/mol. The second-order valence-corrected chi connectivity index (χ2v) is 8.39. The second kappa shape index (κ2) is 9.81. The van der Waals surface area contributed by atoms with Crippen LogP contribution in [0, 0.1) is 33.5 Å². The van der Waals surface area contributed by atoms with E-state index in [9.17, 15) is 14.0 Å². The lowest BCUT2D eigenvalue weighted by molar-refractivity contribution is -0.115. The van der Waals surface area contributed by atoms with E-state index in [0.717, 1.165) is 47.3 Å². The summed E-state index contributed by atoms with van der Waals surface area (Å²) in [4.78, 5) is 26.6. The number of piperidine rings is 1. The maximum absolute atomic E-state index is 14.2. The number of hydrogen-bond acceptors (Lipinski definition) is 3. The van der Waals surface area contributed by atoms with Gasteiger partial charge in [0.2, 0.25) is 5.91 Å². The van der Waals surface area contributed by atoms with Crippen LogP contribution in [0.3, 0.4) is 0 Å². The van der Waals surface area contributed by atoms with Gasteiger partial charge in [-0.3, -0.25) is 4.79 Å². The Morgan fingerprint density at radius 3 is 2.48 bits per heavy atom. The number of benzene rings is 2. The van der Waals surface area contributed by atoms with E-state index in [1.54, 1.807) is 6.07 Å². The molecule has 3 amide bonds. The Balaban J connectivity index is 1.50. The van der Waals surface area contributed by atoms with Gasteiger partial charge in [0.05, 0.1) is 12.2 Å². The molecule has 1 aliphatic rings. The molecule has 0 bridgehead atoms. The molecule has 2 aromatic rings. The van der Waals surface area contributed by atoms with Gasteiger partial charge >= 0.3 is 6.03 Å². The van der Waals surface area contributed by atoms with Crippen LogP contribution in [0.1, 0.15) is 35.1 Å². The number of rotatable bonds is 5. The number of anilines is 2. The van der Waals surface area contributed by atoms with Gasteiger partial charge in [0, 0.05) is 24.8 Å². The fourth-order valence-corrected chi connectivity index (χ4v) is 4.14. The molecule has 1 atom stereocenters. The van der Waals surface area contributed by atoms with Crippen molar-refractivity contribution in [3.63, 3.8) is 0 Å². The van der Waals surface area contributed by atoms with E-state index in [1.807, 2.05) is 50.8 Å². The number of carbonyl (C=O) groups is 2. The topological polar surface area (TPSA) is 73.5 Å². The molecule has 0 aliphatic carbocycles. The zero-order valence-corrected chi connectivity index (χ0v) is 18.6. The van der Waals surface area contributed by atoms with Crippen molar-refractivity contribution in [2.45, 2.75) is 46.6 Å². The molecule has 6 nitrogen and oxygen atoms in total. The zero-order valence-electron chi connectivity index (χ0n) is 18.6. The standard InChI is InChI=1S/C24H31FN4O2/c1-15-7-8-20(25)21(12-15)29-9-5-6-19(14-29)27-24(31)26-13-22(30)28-23-17(3)10-16(2)11-18(23)4/h7-8,10-12,19H,5-6,9,13-14H2,1-4H3,(H,28,30)(H2,26,27,31). The first-order valence-electron chi connectivity index (χ1n) is 10.7. The summed E-state index contributed by atoms with van der Waals surface area (Å²) in [6, 6.07) is 8.56. The van der Waals surface area contributed by atoms with Gasteiger partial charge in [0.15, 0.2) is 0 Å². The van der Waals surface area contributed by atoms with Gasteiger partial charge in [-0.25, -0.2) is 9.18 Å². The minimum Gasteiger partial charge on any atom is -0.367 e. The average molecular weight is 427 g/mol. The van der Waals surface area contributed by atoms with E-state index in [4.69, 9.17) is 0 Å². The third-order valence-electron chi connectivity index (χ3n) is 5.55. The summed E-state index contributed by atoms with van der Waals surface area (Å²) in [6.07, 6.45) is 1.66. The Bertz CT molecular complexity index is 953. The van der Waals surface area contributed by atoms with Crippen LogP contribution in [-0.2, 0) is 4.79 Å². The molecule has 0 spiro atoms. The number of hydrogen-bond donors (Lipinski definition) is 3. The van der Waals surface area contributed by atoms with Crippen molar-refractivity contribution in [1.29, 1.82) is 0 Å². The van der Waals surface area contributed by atoms with Gasteiger partial charge < -0.3 is 20.9 Å². The van der Waals surface area contributed by atoms with Gasteiger partial charge in [-0.15, -0.1) is 0 Å². The first kappa shape index (κ1) is 22.6. The lowest BCUT2D eigenvalue weighted by Gasteiger charge is -2.35. The predicted molar refractivity (Wildman–Crippen MR) is 122 cm³/mol. The minimum atomic E-state index is -0.399. The van der Waals surface area contributed by atoms with Gasteiger partial charge in [-0.1, -0.05) is 23.8 Å². The third kappa shape index (κ3) is 5.96. The van der Waals surface area contributed by atoms with Crippen molar-refractivity contribution in [2.75, 3.05) is 29.9 Å². The highest BCUT2D eigenvalue weighted by molar-refractivity contribution is 5.95. The Labute approximate surface area is 183 Å². The van der Waals surface area contributed by atoms with Crippen LogP contribution >= 0.6 is 0 Å². The lowest BCUT2D eigenvalue weighted by Crippen LogP contribution is -2.51. The third-order valence-corrected chi connectivity index (χ3v) is 5.55. The van der Waals surface area contributed by atoms with E-state index in [0.29, 0.717) is 12.2 Å². The number of aryl methyl sites for hydroxylation is 4. The Morgan fingerprint density at radius 1 is 1.06 bits per heavy atom. The Morgan fingerprint density at radius 2 is 1.77 bits per heavy atom. The average Bonchev–Trinajstić information content (AvgIpc) is 2.71. The number of halogens is 1. The Kier molecular flexibility index (Phi) is 7.15. The van der Waals surface area contributed by atoms with Crippen molar-refractivity contribution in [3.05, 3.63) is 58.4 Å². The van der Waals surface area contributed by atoms with Gasteiger partial charge in [0.25, 0.3) is 0 Å². The van der Waals surface area contributed by atoms with Gasteiger partial charge in [-0.2, -0.15) is 0 Å². The Hall–Kier alpha value is -3.09. The quantitative estimate of drug-likeness (QED) is 0.677. The molecule has 1 heterocycles. The van der Waals surface area contributed by atoms with Crippen LogP contribution in [0.5, 0.6) is 0 Å². The molecule has 0 radical (unpaired) electrons. The molecule has 0 saturated carbocycles. The lowest BCUT2D eigenvalue weighted by atomic mass is 10.0. The number of nitrogens with one attached hydrogen (secondary N) is 3. The first-order valence-corrected chi connectivity index (χ1v) is 10.7. The summed E-state index contributed by atoms with van der Waals surface area (Å²) in [7, 11) is 0. The van der Waals surface area contributed by atoms with Crippen molar-refractivity contribution < 1.29 is 14.0 Å². The van der Waals surface area contributed by atoms with Crippen LogP contribution in [0.4, 0.5) is 20.6 Å². The van der Waals surface area contributed by atoms with Crippen molar-refractivity contribution in [1.82, 2.24) is 10.6 Å². The van der Waals surface area contributed by atoms with Crippen molar-refractivity contribution in [3.8, 4) is 0 Å². The maximum atomic E-state index is 14.2. The summed E-state index contributed by atoms with van der Waals surface area (Å²) in [5.41, 5.74) is 5.45. The smallest absolute Gasteiger partial charge is 0.315 e. The zero-order chi connectivity index (χ0) is 22.5. The number of carbonyl (C=O) groups excluding carboxylic acids is 2. The van der Waals surface area contributed by atoms with Crippen LogP contribution < -0.4 is 20.9 Å². The molecule has 1 saturated heterocycles. The van der Waals surface area contributed by atoms with Crippen LogP contribution in [0.2, 0.25) is 0 Å². The SMILES string of the molecule is Cc1cc(C)c(NC(=O)CNC(=O)NC2CCCN(c3cc(C)ccc3F)C2)c(C)c1. The summed E-state index contributed by atoms with van der Waals surface area (Å²) in [5, 5.41) is 8.40. The number of nitrogens with zero attached hydrogens (tertiary/aromatic N) is 1. The molecule has 166 valence electrons. The van der Waals surface area contributed by atoms with Gasteiger partial charge in [-0.05, 0) is 69.4 Å². The van der Waals surface area contributed by atoms with Crippen LogP contribution in [0.15, 0.2) is 30.3 Å². The highest BCUT2D eigenvalue weighted by atomic mass is 19.1. The number of amides is 3. The van der Waals surface area contributed by atoms with E-state index in [-0.39, 0.29) is 24.3 Å². The van der Waals surface area contributed by atoms with Crippen molar-refractivity contribution in [2.24, 2.45) is 0 Å². The largest absolute Gasteiger partial charge is 0.367 e. The molecule has 7 heteroatoms. The predicted octanol–water partition coefficient (Wildman–Crippen LogP) is 3.97. The summed E-state index contributed by atoms with van der Waals surface area (Å²) in [6.45, 7) is 8.99. The van der Waals surface area contributed by atoms with E-state index < -0.39 is 6.03 Å². The highest BCUT2D eigenvalue weighted by Crippen LogP contribution is 2.24. The fourth-order valence-electron chi connectivity index (χ4n) is 4.14. The second-order valence-electron chi connectivity index (χ2n) is 8.39. The molecular weight excluding hydrogens is 395 g/mol. The maximum Gasteiger partial charge on any atom is 0.315 e. The van der Waals surface area contributed by atoms with E-state index in [1.165, 1.54) is 6.07 Å². The van der Waals surface area contributed by atoms with Gasteiger partial charge in [0.1, 0.15) is 5.82 Å². The van der Waals surface area contributed by atoms with Crippen molar-refractivity contribution >= 4 is 23.3 Å². The molecule has 2 aromatic carbocycles. The molecule has 3 rings (SSSR count). The first-order chi connectivity index (χ1) is 14.7. The normalized spacial score (nSPS) is 16.0. The molecule has 1 unspecified atom stereocenters. The van der Waals surface area contributed by atoms with E-state index in [2.05, 4.69) is 16.0 Å². The fraction of sp³-hybridized carbons (Fsp3) is 0.417. The summed E-state index contributed by atoms with van der Waals surface area (Å²) in [5.74, 6) is -0.536.